The fraction of sp³-hybridized carbons (Fsp3) is 0.0588. The first-order valence-electron chi connectivity index (χ1n) is 7.23. The fourth-order valence-corrected chi connectivity index (χ4v) is 3.17. The first-order valence-corrected chi connectivity index (χ1v) is 8.05. The maximum absolute atomic E-state index is 12.0. The minimum atomic E-state index is -0.649. The average Bonchev–Trinajstić information content (AvgIpc) is 3.04. The highest BCUT2D eigenvalue weighted by atomic mass is 32.1. The van der Waals surface area contributed by atoms with Crippen molar-refractivity contribution in [2.75, 3.05) is 11.9 Å². The minimum absolute atomic E-state index is 0.0513. The highest BCUT2D eigenvalue weighted by Gasteiger charge is 2.17. The van der Waals surface area contributed by atoms with Gasteiger partial charge in [0.25, 0.3) is 11.6 Å². The summed E-state index contributed by atoms with van der Waals surface area (Å²) in [6.45, 7) is -0.529. The Hall–Kier alpha value is -3.26. The zero-order valence-electron chi connectivity index (χ0n) is 12.8. The number of fused-ring (bicyclic) bond motifs is 1. The summed E-state index contributed by atoms with van der Waals surface area (Å²) in [5.74, 6) is -1.26. The molecule has 0 aliphatic rings. The monoisotopic (exact) mass is 356 g/mol. The summed E-state index contributed by atoms with van der Waals surface area (Å²) in [6.07, 6.45) is 0. The van der Waals surface area contributed by atoms with Crippen LogP contribution in [0.15, 0.2) is 54.6 Å². The molecule has 0 saturated carbocycles. The molecule has 0 radical (unpaired) electrons. The van der Waals surface area contributed by atoms with Crippen molar-refractivity contribution < 1.29 is 19.2 Å². The Morgan fingerprint density at radius 1 is 1.12 bits per heavy atom. The number of anilines is 1. The van der Waals surface area contributed by atoms with E-state index in [2.05, 4.69) is 5.32 Å². The van der Waals surface area contributed by atoms with Gasteiger partial charge >= 0.3 is 5.97 Å². The van der Waals surface area contributed by atoms with Crippen molar-refractivity contribution in [1.29, 1.82) is 0 Å². The predicted octanol–water partition coefficient (Wildman–Crippen LogP) is 3.61. The van der Waals surface area contributed by atoms with Gasteiger partial charge < -0.3 is 10.1 Å². The number of rotatable bonds is 5. The van der Waals surface area contributed by atoms with E-state index in [0.29, 0.717) is 4.88 Å². The van der Waals surface area contributed by atoms with Gasteiger partial charge in [0.2, 0.25) is 0 Å². The van der Waals surface area contributed by atoms with Crippen LogP contribution in [0.1, 0.15) is 9.67 Å². The Balaban J connectivity index is 1.62. The Bertz CT molecular complexity index is 933. The van der Waals surface area contributed by atoms with Crippen molar-refractivity contribution in [2.45, 2.75) is 0 Å². The molecule has 3 aromatic rings. The van der Waals surface area contributed by atoms with E-state index in [9.17, 15) is 19.7 Å². The van der Waals surface area contributed by atoms with Gasteiger partial charge in [-0.1, -0.05) is 30.3 Å². The van der Waals surface area contributed by atoms with Crippen LogP contribution in [0.4, 0.5) is 11.4 Å². The van der Waals surface area contributed by atoms with Crippen LogP contribution in [0.25, 0.3) is 10.1 Å². The van der Waals surface area contributed by atoms with Crippen molar-refractivity contribution in [3.8, 4) is 0 Å². The molecule has 0 bridgehead atoms. The van der Waals surface area contributed by atoms with Gasteiger partial charge in [0.1, 0.15) is 10.6 Å². The summed E-state index contributed by atoms with van der Waals surface area (Å²) in [4.78, 5) is 34.6. The molecule has 3 rings (SSSR count). The molecular weight excluding hydrogens is 344 g/mol. The maximum atomic E-state index is 12.0. The SMILES string of the molecule is O=C(COC(=O)c1cc2ccccc2s1)Nc1ccccc1[N+](=O)[O-]. The topological polar surface area (TPSA) is 98.5 Å². The lowest BCUT2D eigenvalue weighted by Crippen LogP contribution is -2.21. The second-order valence-electron chi connectivity index (χ2n) is 5.05. The van der Waals surface area contributed by atoms with E-state index < -0.39 is 23.4 Å². The smallest absolute Gasteiger partial charge is 0.348 e. The number of nitro benzene ring substituents is 1. The highest BCUT2D eigenvalue weighted by molar-refractivity contribution is 7.20. The number of amides is 1. The number of nitrogens with one attached hydrogen (secondary N) is 1. The molecule has 25 heavy (non-hydrogen) atoms. The minimum Gasteiger partial charge on any atom is -0.451 e. The summed E-state index contributed by atoms with van der Waals surface area (Å²) in [5, 5.41) is 14.2. The second kappa shape index (κ2) is 7.10. The first-order chi connectivity index (χ1) is 12.0. The predicted molar refractivity (Wildman–Crippen MR) is 93.8 cm³/mol. The molecule has 126 valence electrons. The standard InChI is InChI=1S/C17H12N2O5S/c20-16(18-12-6-2-3-7-13(12)19(22)23)10-24-17(21)15-9-11-5-1-4-8-14(11)25-15/h1-9H,10H2,(H,18,20). The van der Waals surface area contributed by atoms with Crippen LogP contribution >= 0.6 is 11.3 Å². The van der Waals surface area contributed by atoms with Crippen LogP contribution < -0.4 is 5.32 Å². The summed E-state index contributed by atoms with van der Waals surface area (Å²) >= 11 is 1.27. The third-order valence-electron chi connectivity index (χ3n) is 3.34. The highest BCUT2D eigenvalue weighted by Crippen LogP contribution is 2.26. The second-order valence-corrected chi connectivity index (χ2v) is 6.13. The lowest BCUT2D eigenvalue weighted by molar-refractivity contribution is -0.383. The van der Waals surface area contributed by atoms with Gasteiger partial charge in [0.05, 0.1) is 4.92 Å². The number of nitrogens with zero attached hydrogens (tertiary/aromatic N) is 1. The van der Waals surface area contributed by atoms with Crippen LogP contribution in [0, 0.1) is 10.1 Å². The summed E-state index contributed by atoms with van der Waals surface area (Å²) < 4.78 is 5.92. The fourth-order valence-electron chi connectivity index (χ4n) is 2.21. The van der Waals surface area contributed by atoms with Crippen LogP contribution in [0.5, 0.6) is 0 Å². The molecule has 1 N–H and O–H groups in total. The van der Waals surface area contributed by atoms with Crippen molar-refractivity contribution in [3.63, 3.8) is 0 Å². The maximum Gasteiger partial charge on any atom is 0.348 e. The van der Waals surface area contributed by atoms with Crippen molar-refractivity contribution in [1.82, 2.24) is 0 Å². The molecule has 0 aliphatic heterocycles. The normalized spacial score (nSPS) is 10.4. The quantitative estimate of drug-likeness (QED) is 0.428. The Kier molecular flexibility index (Phi) is 4.71. The number of para-hydroxylation sites is 2. The number of hydrogen-bond donors (Lipinski definition) is 1. The lowest BCUT2D eigenvalue weighted by Gasteiger charge is -2.06. The molecule has 7 nitrogen and oxygen atoms in total. The Morgan fingerprint density at radius 3 is 2.60 bits per heavy atom. The third kappa shape index (κ3) is 3.81. The Labute approximate surface area is 146 Å². The van der Waals surface area contributed by atoms with Gasteiger partial charge in [0.15, 0.2) is 6.61 Å². The summed E-state index contributed by atoms with van der Waals surface area (Å²) in [5.41, 5.74) is -0.179. The summed E-state index contributed by atoms with van der Waals surface area (Å²) in [7, 11) is 0. The molecule has 0 saturated heterocycles. The molecule has 1 heterocycles. The van der Waals surface area contributed by atoms with Crippen molar-refractivity contribution >= 4 is 44.7 Å². The van der Waals surface area contributed by atoms with E-state index >= 15 is 0 Å². The molecule has 0 fully saturated rings. The molecule has 1 aromatic heterocycles. The summed E-state index contributed by atoms with van der Waals surface area (Å²) in [6, 6.07) is 14.9. The number of benzene rings is 2. The molecule has 8 heteroatoms. The largest absolute Gasteiger partial charge is 0.451 e. The lowest BCUT2D eigenvalue weighted by atomic mass is 10.2. The molecule has 0 atom stereocenters. The van der Waals surface area contributed by atoms with Gasteiger partial charge in [0, 0.05) is 10.8 Å². The number of carbonyl (C=O) groups excluding carboxylic acids is 2. The average molecular weight is 356 g/mol. The number of ether oxygens (including phenoxy) is 1. The van der Waals surface area contributed by atoms with Crippen molar-refractivity contribution in [3.05, 3.63) is 69.6 Å². The van der Waals surface area contributed by atoms with E-state index in [1.165, 1.54) is 29.5 Å². The van der Waals surface area contributed by atoms with Gasteiger partial charge in [-0.2, -0.15) is 0 Å². The zero-order valence-corrected chi connectivity index (χ0v) is 13.6. The number of carbonyl (C=O) groups is 2. The van der Waals surface area contributed by atoms with Crippen LogP contribution in [-0.4, -0.2) is 23.4 Å². The first kappa shape index (κ1) is 16.6. The Morgan fingerprint density at radius 2 is 1.84 bits per heavy atom. The van der Waals surface area contributed by atoms with E-state index in [0.717, 1.165) is 10.1 Å². The number of nitro groups is 1. The van der Waals surface area contributed by atoms with Gasteiger partial charge in [-0.3, -0.25) is 14.9 Å². The number of esters is 1. The van der Waals surface area contributed by atoms with E-state index in [-0.39, 0.29) is 11.4 Å². The van der Waals surface area contributed by atoms with Crippen LogP contribution in [0.2, 0.25) is 0 Å². The van der Waals surface area contributed by atoms with E-state index in [1.54, 1.807) is 12.1 Å². The molecule has 0 aliphatic carbocycles. The molecule has 2 aromatic carbocycles. The molecular formula is C17H12N2O5S. The molecule has 1 amide bonds. The van der Waals surface area contributed by atoms with Crippen LogP contribution in [0.3, 0.4) is 0 Å². The number of thiophene rings is 1. The zero-order chi connectivity index (χ0) is 17.8. The van der Waals surface area contributed by atoms with E-state index in [4.69, 9.17) is 4.74 Å². The van der Waals surface area contributed by atoms with Gasteiger partial charge in [-0.15, -0.1) is 11.3 Å². The third-order valence-corrected chi connectivity index (χ3v) is 4.43. The van der Waals surface area contributed by atoms with Gasteiger partial charge in [-0.05, 0) is 23.6 Å². The van der Waals surface area contributed by atoms with E-state index in [1.807, 2.05) is 24.3 Å². The number of hydrogen-bond acceptors (Lipinski definition) is 6. The van der Waals surface area contributed by atoms with Crippen molar-refractivity contribution in [2.24, 2.45) is 0 Å². The molecule has 0 spiro atoms. The molecule has 0 unspecified atom stereocenters. The van der Waals surface area contributed by atoms with Gasteiger partial charge in [-0.25, -0.2) is 4.79 Å². The van der Waals surface area contributed by atoms with Crippen LogP contribution in [-0.2, 0) is 9.53 Å².